The lowest BCUT2D eigenvalue weighted by Gasteiger charge is -2.13. The van der Waals surface area contributed by atoms with Crippen LogP contribution >= 0.6 is 0 Å². The molecule has 0 unspecified atom stereocenters. The molecular weight excluding hydrogens is 254 g/mol. The van der Waals surface area contributed by atoms with Crippen molar-refractivity contribution in [3.8, 4) is 11.6 Å². The van der Waals surface area contributed by atoms with Crippen LogP contribution in [0.2, 0.25) is 0 Å². The molecule has 2 rings (SSSR count). The summed E-state index contributed by atoms with van der Waals surface area (Å²) < 4.78 is 7.32. The monoisotopic (exact) mass is 275 g/mol. The van der Waals surface area contributed by atoms with E-state index in [4.69, 9.17) is 4.74 Å². The van der Waals surface area contributed by atoms with E-state index in [1.807, 2.05) is 11.6 Å². The molecule has 20 heavy (non-hydrogen) atoms. The number of aromatic nitrogens is 4. The molecule has 0 amide bonds. The van der Waals surface area contributed by atoms with Crippen LogP contribution in [0.25, 0.3) is 5.82 Å². The van der Waals surface area contributed by atoms with Crippen molar-refractivity contribution in [2.75, 3.05) is 19.0 Å². The van der Waals surface area contributed by atoms with E-state index in [1.165, 1.54) is 6.33 Å². The largest absolute Gasteiger partial charge is 0.490 e. The third-order valence-electron chi connectivity index (χ3n) is 3.09. The van der Waals surface area contributed by atoms with Gasteiger partial charge in [-0.2, -0.15) is 5.10 Å². The van der Waals surface area contributed by atoms with E-state index >= 15 is 0 Å². The molecule has 6 heteroatoms. The van der Waals surface area contributed by atoms with Crippen molar-refractivity contribution >= 4 is 5.82 Å². The third kappa shape index (κ3) is 2.59. The molecule has 2 aromatic heterocycles. The van der Waals surface area contributed by atoms with Gasteiger partial charge in [0, 0.05) is 12.2 Å². The molecule has 1 N–H and O–H groups in total. The molecule has 0 fully saturated rings. The quantitative estimate of drug-likeness (QED) is 0.875. The molecule has 0 aliphatic rings. The molecule has 0 atom stereocenters. The van der Waals surface area contributed by atoms with E-state index < -0.39 is 0 Å². The van der Waals surface area contributed by atoms with Gasteiger partial charge in [-0.05, 0) is 25.8 Å². The first-order valence-corrected chi connectivity index (χ1v) is 6.96. The Morgan fingerprint density at radius 2 is 2.00 bits per heavy atom. The van der Waals surface area contributed by atoms with Gasteiger partial charge in [0.1, 0.15) is 6.33 Å². The summed E-state index contributed by atoms with van der Waals surface area (Å²) >= 11 is 0. The van der Waals surface area contributed by atoms with Crippen LogP contribution in [0.1, 0.15) is 32.2 Å². The van der Waals surface area contributed by atoms with Gasteiger partial charge in [-0.3, -0.25) is 0 Å². The zero-order valence-electron chi connectivity index (χ0n) is 12.5. The van der Waals surface area contributed by atoms with Crippen LogP contribution in [-0.2, 0) is 12.8 Å². The van der Waals surface area contributed by atoms with Crippen LogP contribution in [0.4, 0.5) is 5.82 Å². The topological polar surface area (TPSA) is 64.9 Å². The van der Waals surface area contributed by atoms with Crippen LogP contribution in [0, 0.1) is 0 Å². The fraction of sp³-hybridized carbons (Fsp3) is 0.500. The van der Waals surface area contributed by atoms with Crippen molar-refractivity contribution in [2.24, 2.45) is 0 Å². The molecular formula is C14H21N5O. The Morgan fingerprint density at radius 3 is 2.60 bits per heavy atom. The lowest BCUT2D eigenvalue weighted by Crippen LogP contribution is -2.10. The van der Waals surface area contributed by atoms with Crippen molar-refractivity contribution in [2.45, 2.75) is 33.6 Å². The third-order valence-corrected chi connectivity index (χ3v) is 3.09. The Hall–Kier alpha value is -2.11. The Kier molecular flexibility index (Phi) is 4.55. The maximum Gasteiger partial charge on any atom is 0.206 e. The number of hydrogen-bond donors (Lipinski definition) is 1. The van der Waals surface area contributed by atoms with Gasteiger partial charge in [0.2, 0.25) is 11.6 Å². The molecule has 0 radical (unpaired) electrons. The second-order valence-corrected chi connectivity index (χ2v) is 4.36. The van der Waals surface area contributed by atoms with Gasteiger partial charge in [-0.25, -0.2) is 14.6 Å². The first-order chi connectivity index (χ1) is 9.74. The molecule has 0 aliphatic heterocycles. The average molecular weight is 275 g/mol. The fourth-order valence-corrected chi connectivity index (χ4v) is 2.08. The minimum absolute atomic E-state index is 0.620. The Balaban J connectivity index is 2.56. The number of aryl methyl sites for hydroxylation is 2. The Morgan fingerprint density at radius 1 is 1.20 bits per heavy atom. The van der Waals surface area contributed by atoms with Gasteiger partial charge in [-0.1, -0.05) is 13.8 Å². The number of methoxy groups -OCH3 is 1. The Labute approximate surface area is 119 Å². The lowest BCUT2D eigenvalue weighted by atomic mass is 10.2. The summed E-state index contributed by atoms with van der Waals surface area (Å²) in [6.45, 7) is 6.98. The minimum Gasteiger partial charge on any atom is -0.490 e. The van der Waals surface area contributed by atoms with Crippen LogP contribution in [0.3, 0.4) is 0 Å². The van der Waals surface area contributed by atoms with Crippen LogP contribution in [0.5, 0.6) is 5.75 Å². The van der Waals surface area contributed by atoms with Gasteiger partial charge in [-0.15, -0.1) is 0 Å². The number of nitrogens with zero attached hydrogens (tertiary/aromatic N) is 4. The fourth-order valence-electron chi connectivity index (χ4n) is 2.08. The van der Waals surface area contributed by atoms with Crippen molar-refractivity contribution in [3.05, 3.63) is 23.8 Å². The highest BCUT2D eigenvalue weighted by molar-refractivity contribution is 5.58. The van der Waals surface area contributed by atoms with Crippen LogP contribution < -0.4 is 10.1 Å². The number of ether oxygens (including phenoxy) is 1. The first-order valence-electron chi connectivity index (χ1n) is 6.96. The normalized spacial score (nSPS) is 10.6. The molecule has 2 aromatic rings. The summed E-state index contributed by atoms with van der Waals surface area (Å²) in [5, 5.41) is 7.78. The molecule has 0 spiro atoms. The van der Waals surface area contributed by atoms with E-state index in [-0.39, 0.29) is 0 Å². The standard InChI is InChI=1S/C14H21N5O/c1-5-10-8-11(6-2)19(18-10)14-12(20-4)13(15-7-3)16-9-17-14/h8-9H,5-7H2,1-4H3,(H,15,16,17). The second-order valence-electron chi connectivity index (χ2n) is 4.36. The highest BCUT2D eigenvalue weighted by Gasteiger charge is 2.17. The molecule has 0 bridgehead atoms. The zero-order valence-corrected chi connectivity index (χ0v) is 12.5. The summed E-state index contributed by atoms with van der Waals surface area (Å²) in [6, 6.07) is 2.11. The predicted molar refractivity (Wildman–Crippen MR) is 78.6 cm³/mol. The van der Waals surface area contributed by atoms with Crippen LogP contribution in [-0.4, -0.2) is 33.4 Å². The smallest absolute Gasteiger partial charge is 0.206 e. The van der Waals surface area contributed by atoms with Crippen molar-refractivity contribution in [1.29, 1.82) is 0 Å². The van der Waals surface area contributed by atoms with Gasteiger partial charge >= 0.3 is 0 Å². The summed E-state index contributed by atoms with van der Waals surface area (Å²) in [5.41, 5.74) is 2.16. The minimum atomic E-state index is 0.620. The number of rotatable bonds is 6. The summed E-state index contributed by atoms with van der Waals surface area (Å²) in [6.07, 6.45) is 3.31. The van der Waals surface area contributed by atoms with E-state index in [0.29, 0.717) is 17.4 Å². The molecule has 0 aromatic carbocycles. The SMILES string of the molecule is CCNc1ncnc(-n2nc(CC)cc2CC)c1OC. The van der Waals surface area contributed by atoms with Gasteiger partial charge in [0.25, 0.3) is 0 Å². The summed E-state index contributed by atoms with van der Waals surface area (Å²) in [4.78, 5) is 8.56. The van der Waals surface area contributed by atoms with Crippen molar-refractivity contribution in [3.63, 3.8) is 0 Å². The number of anilines is 1. The zero-order chi connectivity index (χ0) is 14.5. The maximum absolute atomic E-state index is 5.48. The highest BCUT2D eigenvalue weighted by atomic mass is 16.5. The van der Waals surface area contributed by atoms with Crippen LogP contribution in [0.15, 0.2) is 12.4 Å². The molecule has 2 heterocycles. The van der Waals surface area contributed by atoms with E-state index in [2.05, 4.69) is 40.3 Å². The Bertz CT molecular complexity index is 579. The molecule has 108 valence electrons. The van der Waals surface area contributed by atoms with E-state index in [1.54, 1.807) is 7.11 Å². The number of nitrogens with one attached hydrogen (secondary N) is 1. The molecule has 6 nitrogen and oxygen atoms in total. The van der Waals surface area contributed by atoms with E-state index in [9.17, 15) is 0 Å². The lowest BCUT2D eigenvalue weighted by molar-refractivity contribution is 0.408. The van der Waals surface area contributed by atoms with Gasteiger partial charge in [0.15, 0.2) is 5.82 Å². The average Bonchev–Trinajstić information content (AvgIpc) is 2.90. The molecule has 0 saturated heterocycles. The summed E-state index contributed by atoms with van der Waals surface area (Å²) in [5.74, 6) is 1.99. The van der Waals surface area contributed by atoms with E-state index in [0.717, 1.165) is 30.8 Å². The first kappa shape index (κ1) is 14.3. The van der Waals surface area contributed by atoms with Crippen molar-refractivity contribution in [1.82, 2.24) is 19.7 Å². The molecule has 0 saturated carbocycles. The highest BCUT2D eigenvalue weighted by Crippen LogP contribution is 2.28. The second kappa shape index (κ2) is 6.36. The maximum atomic E-state index is 5.48. The van der Waals surface area contributed by atoms with Gasteiger partial charge < -0.3 is 10.1 Å². The number of hydrogen-bond acceptors (Lipinski definition) is 5. The predicted octanol–water partition coefficient (Wildman–Crippen LogP) is 2.23. The van der Waals surface area contributed by atoms with Crippen molar-refractivity contribution < 1.29 is 4.74 Å². The van der Waals surface area contributed by atoms with Gasteiger partial charge in [0.05, 0.1) is 12.8 Å². The molecule has 0 aliphatic carbocycles. The summed E-state index contributed by atoms with van der Waals surface area (Å²) in [7, 11) is 1.62.